The molecule has 6 nitrogen and oxygen atoms in total. The Bertz CT molecular complexity index is 866. The van der Waals surface area contributed by atoms with Crippen molar-refractivity contribution < 1.29 is 14.3 Å². The van der Waals surface area contributed by atoms with Crippen molar-refractivity contribution in [3.05, 3.63) is 53.6 Å². The zero-order chi connectivity index (χ0) is 20.1. The molecule has 1 atom stereocenters. The molecule has 0 radical (unpaired) electrons. The van der Waals surface area contributed by atoms with Gasteiger partial charge in [-0.2, -0.15) is 0 Å². The minimum Gasteiger partial charge on any atom is -0.494 e. The molecule has 2 aromatic rings. The second kappa shape index (κ2) is 8.89. The Morgan fingerprint density at radius 3 is 2.57 bits per heavy atom. The van der Waals surface area contributed by atoms with Crippen molar-refractivity contribution >= 4 is 23.2 Å². The van der Waals surface area contributed by atoms with Crippen LogP contribution in [0.3, 0.4) is 0 Å². The molecule has 1 aliphatic heterocycles. The predicted octanol–water partition coefficient (Wildman–Crippen LogP) is 3.43. The summed E-state index contributed by atoms with van der Waals surface area (Å²) in [7, 11) is 0. The molecule has 0 saturated heterocycles. The SMILES string of the molecule is CCOc1ccc2c(c1)CN(C(C)C(=O)Nc1cccc(NC(C)=O)c1)CC2. The van der Waals surface area contributed by atoms with Crippen LogP contribution in [-0.2, 0) is 22.6 Å². The van der Waals surface area contributed by atoms with Crippen molar-refractivity contribution in [1.29, 1.82) is 0 Å². The van der Waals surface area contributed by atoms with Crippen LogP contribution in [-0.4, -0.2) is 35.9 Å². The molecule has 6 heteroatoms. The van der Waals surface area contributed by atoms with Gasteiger partial charge in [-0.15, -0.1) is 0 Å². The number of amides is 2. The number of rotatable bonds is 6. The van der Waals surface area contributed by atoms with Gasteiger partial charge in [0.15, 0.2) is 0 Å². The smallest absolute Gasteiger partial charge is 0.241 e. The lowest BCUT2D eigenvalue weighted by atomic mass is 9.98. The summed E-state index contributed by atoms with van der Waals surface area (Å²) in [6, 6.07) is 13.1. The van der Waals surface area contributed by atoms with Crippen molar-refractivity contribution in [1.82, 2.24) is 4.90 Å². The normalized spacial score (nSPS) is 14.7. The van der Waals surface area contributed by atoms with Crippen LogP contribution in [0.5, 0.6) is 5.75 Å². The number of hydrogen-bond donors (Lipinski definition) is 2. The predicted molar refractivity (Wildman–Crippen MR) is 111 cm³/mol. The molecule has 0 bridgehead atoms. The van der Waals surface area contributed by atoms with E-state index in [-0.39, 0.29) is 17.9 Å². The van der Waals surface area contributed by atoms with E-state index in [4.69, 9.17) is 4.74 Å². The minimum atomic E-state index is -0.270. The van der Waals surface area contributed by atoms with Crippen molar-refractivity contribution in [2.24, 2.45) is 0 Å². The summed E-state index contributed by atoms with van der Waals surface area (Å²) >= 11 is 0. The van der Waals surface area contributed by atoms with Crippen LogP contribution >= 0.6 is 0 Å². The molecule has 1 aliphatic rings. The van der Waals surface area contributed by atoms with Gasteiger partial charge in [0.25, 0.3) is 0 Å². The first-order chi connectivity index (χ1) is 13.5. The van der Waals surface area contributed by atoms with Crippen LogP contribution in [0.2, 0.25) is 0 Å². The molecule has 0 aliphatic carbocycles. The van der Waals surface area contributed by atoms with Gasteiger partial charge in [0.2, 0.25) is 11.8 Å². The first kappa shape index (κ1) is 19.9. The number of hydrogen-bond acceptors (Lipinski definition) is 4. The number of carbonyl (C=O) groups excluding carboxylic acids is 2. The number of anilines is 2. The van der Waals surface area contributed by atoms with Crippen LogP contribution < -0.4 is 15.4 Å². The first-order valence-corrected chi connectivity index (χ1v) is 9.63. The number of fused-ring (bicyclic) bond motifs is 1. The molecule has 148 valence electrons. The van der Waals surface area contributed by atoms with E-state index in [1.54, 1.807) is 18.2 Å². The standard InChI is InChI=1S/C22H27N3O3/c1-4-28-21-9-8-17-10-11-25(14-18(17)12-21)15(2)22(27)24-20-7-5-6-19(13-20)23-16(3)26/h5-9,12-13,15H,4,10-11,14H2,1-3H3,(H,23,26)(H,24,27). The summed E-state index contributed by atoms with van der Waals surface area (Å²) in [4.78, 5) is 26.1. The van der Waals surface area contributed by atoms with Crippen LogP contribution in [0, 0.1) is 0 Å². The van der Waals surface area contributed by atoms with Crippen LogP contribution in [0.25, 0.3) is 0 Å². The highest BCUT2D eigenvalue weighted by Crippen LogP contribution is 2.25. The van der Waals surface area contributed by atoms with Crippen LogP contribution in [0.15, 0.2) is 42.5 Å². The van der Waals surface area contributed by atoms with Gasteiger partial charge in [-0.05, 0) is 61.7 Å². The van der Waals surface area contributed by atoms with Gasteiger partial charge in [0.05, 0.1) is 12.6 Å². The van der Waals surface area contributed by atoms with E-state index in [0.717, 1.165) is 25.3 Å². The lowest BCUT2D eigenvalue weighted by Gasteiger charge is -2.33. The van der Waals surface area contributed by atoms with Gasteiger partial charge < -0.3 is 15.4 Å². The number of carbonyl (C=O) groups is 2. The lowest BCUT2D eigenvalue weighted by molar-refractivity contribution is -0.121. The van der Waals surface area contributed by atoms with Gasteiger partial charge in [-0.25, -0.2) is 0 Å². The molecule has 0 saturated carbocycles. The molecule has 3 rings (SSSR count). The van der Waals surface area contributed by atoms with Gasteiger partial charge in [0, 0.05) is 31.4 Å². The maximum absolute atomic E-state index is 12.8. The highest BCUT2D eigenvalue weighted by atomic mass is 16.5. The highest BCUT2D eigenvalue weighted by Gasteiger charge is 2.25. The first-order valence-electron chi connectivity index (χ1n) is 9.63. The molecule has 2 N–H and O–H groups in total. The number of benzene rings is 2. The molecule has 0 aromatic heterocycles. The molecule has 28 heavy (non-hydrogen) atoms. The van der Waals surface area contributed by atoms with Gasteiger partial charge in [0.1, 0.15) is 5.75 Å². The maximum Gasteiger partial charge on any atom is 0.241 e. The summed E-state index contributed by atoms with van der Waals surface area (Å²) in [5, 5.41) is 5.68. The Hall–Kier alpha value is -2.86. The Morgan fingerprint density at radius 2 is 1.86 bits per heavy atom. The minimum absolute atomic E-state index is 0.0654. The van der Waals surface area contributed by atoms with E-state index in [1.807, 2.05) is 26.0 Å². The highest BCUT2D eigenvalue weighted by molar-refractivity contribution is 5.96. The van der Waals surface area contributed by atoms with E-state index < -0.39 is 0 Å². The third-order valence-electron chi connectivity index (χ3n) is 4.91. The van der Waals surface area contributed by atoms with E-state index in [0.29, 0.717) is 18.0 Å². The fraction of sp³-hybridized carbons (Fsp3) is 0.364. The average Bonchev–Trinajstić information content (AvgIpc) is 2.67. The second-order valence-electron chi connectivity index (χ2n) is 7.01. The number of nitrogens with one attached hydrogen (secondary N) is 2. The van der Waals surface area contributed by atoms with Crippen molar-refractivity contribution in [3.63, 3.8) is 0 Å². The largest absolute Gasteiger partial charge is 0.494 e. The monoisotopic (exact) mass is 381 g/mol. The molecular weight excluding hydrogens is 354 g/mol. The van der Waals surface area contributed by atoms with E-state index in [9.17, 15) is 9.59 Å². The zero-order valence-electron chi connectivity index (χ0n) is 16.6. The molecule has 1 heterocycles. The maximum atomic E-state index is 12.8. The topological polar surface area (TPSA) is 70.7 Å². The molecule has 2 aromatic carbocycles. The van der Waals surface area contributed by atoms with Crippen LogP contribution in [0.1, 0.15) is 31.9 Å². The molecule has 0 fully saturated rings. The Morgan fingerprint density at radius 1 is 1.11 bits per heavy atom. The lowest BCUT2D eigenvalue weighted by Crippen LogP contribution is -2.44. The Kier molecular flexibility index (Phi) is 6.31. The summed E-state index contributed by atoms with van der Waals surface area (Å²) in [6.07, 6.45) is 0.914. The molecule has 1 unspecified atom stereocenters. The molecular formula is C22H27N3O3. The Labute approximate surface area is 165 Å². The van der Waals surface area contributed by atoms with Crippen molar-refractivity contribution in [3.8, 4) is 5.75 Å². The van der Waals surface area contributed by atoms with Crippen LogP contribution in [0.4, 0.5) is 11.4 Å². The van der Waals surface area contributed by atoms with E-state index in [1.165, 1.54) is 18.1 Å². The average molecular weight is 381 g/mol. The fourth-order valence-corrected chi connectivity index (χ4v) is 3.43. The number of nitrogens with zero attached hydrogens (tertiary/aromatic N) is 1. The van der Waals surface area contributed by atoms with E-state index >= 15 is 0 Å². The summed E-state index contributed by atoms with van der Waals surface area (Å²) in [6.45, 7) is 7.54. The van der Waals surface area contributed by atoms with Gasteiger partial charge >= 0.3 is 0 Å². The van der Waals surface area contributed by atoms with Gasteiger partial charge in [-0.1, -0.05) is 12.1 Å². The molecule has 0 spiro atoms. The summed E-state index contributed by atoms with van der Waals surface area (Å²) in [5.41, 5.74) is 3.85. The quantitative estimate of drug-likeness (QED) is 0.804. The molecule has 2 amide bonds. The van der Waals surface area contributed by atoms with Crippen molar-refractivity contribution in [2.75, 3.05) is 23.8 Å². The summed E-state index contributed by atoms with van der Waals surface area (Å²) in [5.74, 6) is 0.662. The zero-order valence-corrected chi connectivity index (χ0v) is 16.6. The van der Waals surface area contributed by atoms with E-state index in [2.05, 4.69) is 27.7 Å². The third kappa shape index (κ3) is 4.89. The van der Waals surface area contributed by atoms with Gasteiger partial charge in [-0.3, -0.25) is 14.5 Å². The second-order valence-corrected chi connectivity index (χ2v) is 7.01. The Balaban J connectivity index is 1.65. The number of ether oxygens (including phenoxy) is 1. The third-order valence-corrected chi connectivity index (χ3v) is 4.91. The summed E-state index contributed by atoms with van der Waals surface area (Å²) < 4.78 is 5.61. The fourth-order valence-electron chi connectivity index (χ4n) is 3.43. The van der Waals surface area contributed by atoms with Crippen molar-refractivity contribution in [2.45, 2.75) is 39.8 Å².